The number of amides is 3. The number of hydrogen-bond donors (Lipinski definition) is 3. The highest BCUT2D eigenvalue weighted by molar-refractivity contribution is 14.1. The van der Waals surface area contributed by atoms with Crippen LogP contribution in [0.1, 0.15) is 18.4 Å². The summed E-state index contributed by atoms with van der Waals surface area (Å²) in [5.74, 6) is -1.28. The van der Waals surface area contributed by atoms with Crippen molar-refractivity contribution in [1.29, 1.82) is 0 Å². The molecule has 0 heterocycles. The molecule has 3 rings (SSSR count). The average molecular weight is 605 g/mol. The molecule has 1 aliphatic carbocycles. The number of anilines is 1. The first-order chi connectivity index (χ1) is 15.8. The fourth-order valence-electron chi connectivity index (χ4n) is 2.57. The van der Waals surface area contributed by atoms with Gasteiger partial charge in [0.15, 0.2) is 18.1 Å². The van der Waals surface area contributed by atoms with Gasteiger partial charge in [-0.2, -0.15) is 5.10 Å². The first-order valence-electron chi connectivity index (χ1n) is 9.66. The molecule has 12 heteroatoms. The lowest BCUT2D eigenvalue weighted by molar-refractivity contribution is -0.139. The molecule has 0 unspecified atom stereocenters. The van der Waals surface area contributed by atoms with Crippen LogP contribution in [-0.4, -0.2) is 43.7 Å². The minimum Gasteiger partial charge on any atom is -0.493 e. The summed E-state index contributed by atoms with van der Waals surface area (Å²) in [4.78, 5) is 35.6. The number of hydrogen-bond acceptors (Lipinski definition) is 6. The van der Waals surface area contributed by atoms with Crippen LogP contribution in [0.15, 0.2) is 35.4 Å². The number of halogens is 3. The van der Waals surface area contributed by atoms with Gasteiger partial charge in [-0.1, -0.05) is 29.3 Å². The van der Waals surface area contributed by atoms with Crippen molar-refractivity contribution in [2.45, 2.75) is 18.9 Å². The summed E-state index contributed by atoms with van der Waals surface area (Å²) in [6.07, 6.45) is 3.13. The highest BCUT2D eigenvalue weighted by atomic mass is 127. The van der Waals surface area contributed by atoms with E-state index in [0.717, 1.165) is 12.8 Å². The maximum absolute atomic E-state index is 12.3. The van der Waals surface area contributed by atoms with Gasteiger partial charge in [0.2, 0.25) is 0 Å². The summed E-state index contributed by atoms with van der Waals surface area (Å²) in [6, 6.07) is 8.31. The number of carbonyl (C=O) groups is 3. The Balaban J connectivity index is 1.60. The zero-order valence-electron chi connectivity index (χ0n) is 17.3. The molecule has 33 heavy (non-hydrogen) atoms. The normalized spacial score (nSPS) is 12.8. The van der Waals surface area contributed by atoms with Gasteiger partial charge in [0, 0.05) is 6.04 Å². The number of nitrogens with one attached hydrogen (secondary N) is 3. The second-order valence-corrected chi connectivity index (χ2v) is 8.87. The quantitative estimate of drug-likeness (QED) is 0.185. The molecule has 0 spiro atoms. The molecule has 0 atom stereocenters. The maximum atomic E-state index is 12.3. The summed E-state index contributed by atoms with van der Waals surface area (Å²) in [7, 11) is 1.45. The lowest BCUT2D eigenvalue weighted by Gasteiger charge is -2.14. The van der Waals surface area contributed by atoms with Gasteiger partial charge in [0.05, 0.1) is 32.6 Å². The molecule has 0 bridgehead atoms. The molecule has 0 aliphatic heterocycles. The Morgan fingerprint density at radius 2 is 1.97 bits per heavy atom. The average Bonchev–Trinajstić information content (AvgIpc) is 3.59. The van der Waals surface area contributed by atoms with E-state index in [1.54, 1.807) is 30.3 Å². The van der Waals surface area contributed by atoms with E-state index in [-0.39, 0.29) is 17.7 Å². The third-order valence-electron chi connectivity index (χ3n) is 4.32. The monoisotopic (exact) mass is 604 g/mol. The Bertz CT molecular complexity index is 1110. The standard InChI is InChI=1S/C21H19Cl2IN4O5/c1-32-16-8-11(9-25-28-21(31)20(30)26-12-5-6-12)7-14(24)19(16)33-10-17(29)27-15-4-2-3-13(22)18(15)23/h2-4,7-9,12H,5-6,10H2,1H3,(H,26,30)(H,27,29)(H,28,31)/b25-9-. The Labute approximate surface area is 213 Å². The Morgan fingerprint density at radius 1 is 1.21 bits per heavy atom. The zero-order chi connectivity index (χ0) is 24.0. The number of nitrogens with zero attached hydrogens (tertiary/aromatic N) is 1. The third kappa shape index (κ3) is 7.21. The number of carbonyl (C=O) groups excluding carboxylic acids is 3. The van der Waals surface area contributed by atoms with Crippen molar-refractivity contribution < 1.29 is 23.9 Å². The van der Waals surface area contributed by atoms with Gasteiger partial charge in [-0.15, -0.1) is 0 Å². The number of benzene rings is 2. The molecule has 0 aromatic heterocycles. The van der Waals surface area contributed by atoms with E-state index in [1.807, 2.05) is 22.6 Å². The molecular formula is C21H19Cl2IN4O5. The van der Waals surface area contributed by atoms with Gasteiger partial charge in [-0.25, -0.2) is 5.43 Å². The van der Waals surface area contributed by atoms with Crippen LogP contribution in [0.25, 0.3) is 0 Å². The summed E-state index contributed by atoms with van der Waals surface area (Å²) < 4.78 is 11.6. The number of ether oxygens (including phenoxy) is 2. The number of rotatable bonds is 8. The van der Waals surface area contributed by atoms with Crippen LogP contribution in [0.2, 0.25) is 10.0 Å². The van der Waals surface area contributed by atoms with Crippen LogP contribution >= 0.6 is 45.8 Å². The van der Waals surface area contributed by atoms with Crippen molar-refractivity contribution in [2.24, 2.45) is 5.10 Å². The minimum absolute atomic E-state index is 0.0789. The summed E-state index contributed by atoms with van der Waals surface area (Å²) in [6.45, 7) is -0.297. The molecule has 1 saturated carbocycles. The second kappa shape index (κ2) is 11.5. The van der Waals surface area contributed by atoms with Crippen LogP contribution in [0.4, 0.5) is 5.69 Å². The molecular weight excluding hydrogens is 586 g/mol. The Kier molecular flexibility index (Phi) is 8.75. The summed E-state index contributed by atoms with van der Waals surface area (Å²) >= 11 is 14.1. The smallest absolute Gasteiger partial charge is 0.329 e. The van der Waals surface area contributed by atoms with Crippen molar-refractivity contribution in [2.75, 3.05) is 19.0 Å². The van der Waals surface area contributed by atoms with E-state index in [4.69, 9.17) is 32.7 Å². The van der Waals surface area contributed by atoms with Gasteiger partial charge >= 0.3 is 11.8 Å². The molecule has 174 valence electrons. The summed E-state index contributed by atoms with van der Waals surface area (Å²) in [5, 5.41) is 9.57. The zero-order valence-corrected chi connectivity index (χ0v) is 21.0. The molecule has 0 saturated heterocycles. The SMILES string of the molecule is COc1cc(/C=N\NC(=O)C(=O)NC2CC2)cc(I)c1OCC(=O)Nc1cccc(Cl)c1Cl. The first-order valence-corrected chi connectivity index (χ1v) is 11.5. The fraction of sp³-hybridized carbons (Fsp3) is 0.238. The van der Waals surface area contributed by atoms with Crippen molar-refractivity contribution >= 4 is 75.4 Å². The minimum atomic E-state index is -0.842. The predicted octanol–water partition coefficient (Wildman–Crippen LogP) is 3.35. The van der Waals surface area contributed by atoms with Gasteiger partial charge in [-0.3, -0.25) is 14.4 Å². The van der Waals surface area contributed by atoms with Crippen LogP contribution < -0.4 is 25.5 Å². The van der Waals surface area contributed by atoms with E-state index in [2.05, 4.69) is 21.2 Å². The molecule has 2 aromatic carbocycles. The molecule has 0 radical (unpaired) electrons. The highest BCUT2D eigenvalue weighted by Gasteiger charge is 2.26. The largest absolute Gasteiger partial charge is 0.493 e. The Hall–Kier alpha value is -2.57. The number of hydrazone groups is 1. The lowest BCUT2D eigenvalue weighted by Crippen LogP contribution is -2.38. The van der Waals surface area contributed by atoms with Crippen molar-refractivity contribution in [3.05, 3.63) is 49.5 Å². The molecule has 3 N–H and O–H groups in total. The van der Waals surface area contributed by atoms with E-state index >= 15 is 0 Å². The molecule has 9 nitrogen and oxygen atoms in total. The van der Waals surface area contributed by atoms with Gasteiger partial charge in [0.25, 0.3) is 5.91 Å². The van der Waals surface area contributed by atoms with Gasteiger partial charge in [0.1, 0.15) is 0 Å². The van der Waals surface area contributed by atoms with Crippen LogP contribution in [0, 0.1) is 3.57 Å². The molecule has 1 aliphatic rings. The van der Waals surface area contributed by atoms with Crippen molar-refractivity contribution in [3.63, 3.8) is 0 Å². The molecule has 3 amide bonds. The van der Waals surface area contributed by atoms with Gasteiger partial charge < -0.3 is 20.1 Å². The number of methoxy groups -OCH3 is 1. The fourth-order valence-corrected chi connectivity index (χ4v) is 3.70. The third-order valence-corrected chi connectivity index (χ3v) is 5.94. The van der Waals surface area contributed by atoms with Crippen molar-refractivity contribution in [3.8, 4) is 11.5 Å². The summed E-state index contributed by atoms with van der Waals surface area (Å²) in [5.41, 5.74) is 3.14. The van der Waals surface area contributed by atoms with E-state index in [0.29, 0.717) is 31.3 Å². The van der Waals surface area contributed by atoms with Crippen LogP contribution in [0.5, 0.6) is 11.5 Å². The Morgan fingerprint density at radius 3 is 2.67 bits per heavy atom. The van der Waals surface area contributed by atoms with Crippen molar-refractivity contribution in [1.82, 2.24) is 10.7 Å². The van der Waals surface area contributed by atoms with Crippen LogP contribution in [0.3, 0.4) is 0 Å². The maximum Gasteiger partial charge on any atom is 0.329 e. The first kappa shape index (κ1) is 25.1. The van der Waals surface area contributed by atoms with Crippen LogP contribution in [-0.2, 0) is 14.4 Å². The topological polar surface area (TPSA) is 118 Å². The lowest BCUT2D eigenvalue weighted by atomic mass is 10.2. The van der Waals surface area contributed by atoms with E-state index in [1.165, 1.54) is 13.3 Å². The second-order valence-electron chi connectivity index (χ2n) is 6.92. The highest BCUT2D eigenvalue weighted by Crippen LogP contribution is 2.34. The molecule has 2 aromatic rings. The van der Waals surface area contributed by atoms with E-state index in [9.17, 15) is 14.4 Å². The molecule has 1 fully saturated rings. The van der Waals surface area contributed by atoms with E-state index < -0.39 is 17.7 Å². The predicted molar refractivity (Wildman–Crippen MR) is 133 cm³/mol. The van der Waals surface area contributed by atoms with Gasteiger partial charge in [-0.05, 0) is 65.3 Å².